The molecule has 0 saturated heterocycles. The first-order valence-corrected chi connectivity index (χ1v) is 5.89. The number of halogens is 1. The molecule has 0 saturated carbocycles. The summed E-state index contributed by atoms with van der Waals surface area (Å²) in [5, 5.41) is 12.6. The monoisotopic (exact) mass is 311 g/mol. The first-order chi connectivity index (χ1) is 8.63. The number of aromatic carboxylic acids is 1. The number of aromatic nitrogens is 1. The average molecular weight is 312 g/mol. The zero-order valence-electron chi connectivity index (χ0n) is 9.51. The van der Waals surface area contributed by atoms with Gasteiger partial charge in [0.05, 0.1) is 6.61 Å². The number of ether oxygens (including phenoxy) is 1. The van der Waals surface area contributed by atoms with E-state index in [4.69, 9.17) is 14.4 Å². The van der Waals surface area contributed by atoms with Gasteiger partial charge in [-0.3, -0.25) is 0 Å². The summed E-state index contributed by atoms with van der Waals surface area (Å²) in [6.07, 6.45) is 0. The van der Waals surface area contributed by atoms with Gasteiger partial charge in [0.25, 0.3) is 0 Å². The van der Waals surface area contributed by atoms with Gasteiger partial charge >= 0.3 is 5.97 Å². The van der Waals surface area contributed by atoms with E-state index in [1.807, 2.05) is 18.2 Å². The summed E-state index contributed by atoms with van der Waals surface area (Å²) in [4.78, 5) is 10.8. The number of carboxylic acid groups (broad SMARTS) is 1. The zero-order valence-corrected chi connectivity index (χ0v) is 11.1. The summed E-state index contributed by atoms with van der Waals surface area (Å²) in [7, 11) is 1.59. The summed E-state index contributed by atoms with van der Waals surface area (Å²) in [5.41, 5.74) is 2.14. The van der Waals surface area contributed by atoms with Gasteiger partial charge in [-0.25, -0.2) is 4.79 Å². The molecule has 0 bridgehead atoms. The fourth-order valence-corrected chi connectivity index (χ4v) is 2.24. The maximum Gasteiger partial charge on any atom is 0.374 e. The van der Waals surface area contributed by atoms with Gasteiger partial charge in [-0.15, -0.1) is 0 Å². The minimum Gasteiger partial charge on any atom is -0.475 e. The Balaban J connectivity index is 2.51. The van der Waals surface area contributed by atoms with Crippen LogP contribution in [0.5, 0.6) is 0 Å². The smallest absolute Gasteiger partial charge is 0.374 e. The van der Waals surface area contributed by atoms with Crippen molar-refractivity contribution in [3.05, 3.63) is 40.1 Å². The summed E-state index contributed by atoms with van der Waals surface area (Å²) in [5.74, 6) is -1.33. The van der Waals surface area contributed by atoms with Crippen molar-refractivity contribution in [1.29, 1.82) is 0 Å². The molecule has 0 unspecified atom stereocenters. The van der Waals surface area contributed by atoms with Crippen LogP contribution in [0.4, 0.5) is 0 Å². The fraction of sp³-hybridized carbons (Fsp3) is 0.167. The quantitative estimate of drug-likeness (QED) is 0.939. The molecule has 1 N–H and O–H groups in total. The number of benzene rings is 1. The van der Waals surface area contributed by atoms with Gasteiger partial charge in [0.15, 0.2) is 0 Å². The molecule has 6 heteroatoms. The summed E-state index contributed by atoms with van der Waals surface area (Å²) >= 11 is 3.42. The highest BCUT2D eigenvalue weighted by Gasteiger charge is 2.16. The molecule has 0 atom stereocenters. The molecular weight excluding hydrogens is 302 g/mol. The Morgan fingerprint density at radius 1 is 1.56 bits per heavy atom. The van der Waals surface area contributed by atoms with Crippen LogP contribution in [0.3, 0.4) is 0 Å². The molecule has 1 heterocycles. The highest BCUT2D eigenvalue weighted by Crippen LogP contribution is 2.31. The number of carboxylic acids is 1. The molecule has 0 aliphatic carbocycles. The van der Waals surface area contributed by atoms with Crippen LogP contribution in [0, 0.1) is 0 Å². The summed E-state index contributed by atoms with van der Waals surface area (Å²) in [6.45, 7) is 0.407. The minimum atomic E-state index is -1.14. The van der Waals surface area contributed by atoms with E-state index >= 15 is 0 Å². The second-order valence-corrected chi connectivity index (χ2v) is 4.44. The second-order valence-electron chi connectivity index (χ2n) is 3.59. The van der Waals surface area contributed by atoms with Gasteiger partial charge in [-0.05, 0) is 11.6 Å². The average Bonchev–Trinajstić information content (AvgIpc) is 2.79. The van der Waals surface area contributed by atoms with Gasteiger partial charge < -0.3 is 14.4 Å². The van der Waals surface area contributed by atoms with E-state index in [1.165, 1.54) is 6.07 Å². The molecule has 1 aromatic heterocycles. The third kappa shape index (κ3) is 2.44. The molecule has 0 radical (unpaired) electrons. The van der Waals surface area contributed by atoms with Gasteiger partial charge in [-0.1, -0.05) is 33.2 Å². The lowest BCUT2D eigenvalue weighted by molar-refractivity contribution is 0.0652. The van der Waals surface area contributed by atoms with E-state index in [9.17, 15) is 4.79 Å². The number of carbonyl (C=O) groups is 1. The van der Waals surface area contributed by atoms with E-state index < -0.39 is 5.97 Å². The van der Waals surface area contributed by atoms with Crippen molar-refractivity contribution in [1.82, 2.24) is 5.16 Å². The Labute approximate surface area is 111 Å². The van der Waals surface area contributed by atoms with E-state index in [1.54, 1.807) is 7.11 Å². The van der Waals surface area contributed by atoms with Crippen LogP contribution in [0.1, 0.15) is 16.1 Å². The summed E-state index contributed by atoms with van der Waals surface area (Å²) < 4.78 is 10.7. The van der Waals surface area contributed by atoms with Crippen molar-refractivity contribution in [3.8, 4) is 11.3 Å². The number of hydrogen-bond donors (Lipinski definition) is 1. The number of rotatable bonds is 4. The lowest BCUT2D eigenvalue weighted by Crippen LogP contribution is -1.94. The molecular formula is C12H10BrNO4. The van der Waals surface area contributed by atoms with Crippen molar-refractivity contribution in [3.63, 3.8) is 0 Å². The Morgan fingerprint density at radius 3 is 2.94 bits per heavy atom. The van der Waals surface area contributed by atoms with E-state index in [-0.39, 0.29) is 5.76 Å². The van der Waals surface area contributed by atoms with Crippen molar-refractivity contribution in [2.75, 3.05) is 7.11 Å². The van der Waals surface area contributed by atoms with Crippen LogP contribution >= 0.6 is 15.9 Å². The van der Waals surface area contributed by atoms with Crippen LogP contribution in [0.15, 0.2) is 33.3 Å². The van der Waals surface area contributed by atoms with Crippen LogP contribution in [-0.4, -0.2) is 23.3 Å². The minimum absolute atomic E-state index is 0.191. The maximum absolute atomic E-state index is 10.8. The van der Waals surface area contributed by atoms with Gasteiger partial charge in [0.2, 0.25) is 5.76 Å². The predicted molar refractivity (Wildman–Crippen MR) is 67.3 cm³/mol. The Kier molecular flexibility index (Phi) is 3.78. The number of hydrogen-bond acceptors (Lipinski definition) is 4. The SMILES string of the molecule is COCc1cccc(Br)c1-c1cc(C(=O)O)on1. The molecule has 0 fully saturated rings. The lowest BCUT2D eigenvalue weighted by Gasteiger charge is -2.07. The zero-order chi connectivity index (χ0) is 13.1. The molecule has 0 amide bonds. The first kappa shape index (κ1) is 12.8. The summed E-state index contributed by atoms with van der Waals surface area (Å²) in [6, 6.07) is 7.00. The third-order valence-electron chi connectivity index (χ3n) is 2.38. The van der Waals surface area contributed by atoms with E-state index in [0.29, 0.717) is 12.3 Å². The standard InChI is InChI=1S/C12H10BrNO4/c1-17-6-7-3-2-4-8(13)11(7)9-5-10(12(15)16)18-14-9/h2-5H,6H2,1H3,(H,15,16). The second kappa shape index (κ2) is 5.32. The molecule has 0 aliphatic heterocycles. The molecule has 0 aliphatic rings. The predicted octanol–water partition coefficient (Wildman–Crippen LogP) is 2.95. The topological polar surface area (TPSA) is 72.6 Å². The number of nitrogens with zero attached hydrogens (tertiary/aromatic N) is 1. The fourth-order valence-electron chi connectivity index (χ4n) is 1.63. The molecule has 94 valence electrons. The Morgan fingerprint density at radius 2 is 2.33 bits per heavy atom. The van der Waals surface area contributed by atoms with Crippen molar-refractivity contribution in [2.24, 2.45) is 0 Å². The van der Waals surface area contributed by atoms with E-state index in [2.05, 4.69) is 21.1 Å². The Hall–Kier alpha value is -1.66. The molecule has 5 nitrogen and oxygen atoms in total. The lowest BCUT2D eigenvalue weighted by atomic mass is 10.1. The Bertz CT molecular complexity index is 579. The van der Waals surface area contributed by atoms with Crippen LogP contribution in [0.2, 0.25) is 0 Å². The molecule has 18 heavy (non-hydrogen) atoms. The highest BCUT2D eigenvalue weighted by atomic mass is 79.9. The van der Waals surface area contributed by atoms with Crippen LogP contribution in [-0.2, 0) is 11.3 Å². The third-order valence-corrected chi connectivity index (χ3v) is 3.04. The van der Waals surface area contributed by atoms with Crippen molar-refractivity contribution >= 4 is 21.9 Å². The maximum atomic E-state index is 10.8. The molecule has 1 aromatic carbocycles. The van der Waals surface area contributed by atoms with Gasteiger partial charge in [0.1, 0.15) is 5.69 Å². The normalized spacial score (nSPS) is 10.6. The van der Waals surface area contributed by atoms with Gasteiger partial charge in [0, 0.05) is 23.2 Å². The van der Waals surface area contributed by atoms with E-state index in [0.717, 1.165) is 15.6 Å². The highest BCUT2D eigenvalue weighted by molar-refractivity contribution is 9.10. The first-order valence-electron chi connectivity index (χ1n) is 5.10. The van der Waals surface area contributed by atoms with Gasteiger partial charge in [-0.2, -0.15) is 0 Å². The van der Waals surface area contributed by atoms with Crippen molar-refractivity contribution < 1.29 is 19.2 Å². The van der Waals surface area contributed by atoms with Crippen LogP contribution < -0.4 is 0 Å². The largest absolute Gasteiger partial charge is 0.475 e. The van der Waals surface area contributed by atoms with Crippen LogP contribution in [0.25, 0.3) is 11.3 Å². The molecule has 2 aromatic rings. The number of methoxy groups -OCH3 is 1. The van der Waals surface area contributed by atoms with Crippen molar-refractivity contribution in [2.45, 2.75) is 6.61 Å². The molecule has 2 rings (SSSR count). The molecule has 0 spiro atoms.